The lowest BCUT2D eigenvalue weighted by Crippen LogP contribution is -2.21. The normalized spacial score (nSPS) is 12.1. The molecule has 5 nitrogen and oxygen atoms in total. The van der Waals surface area contributed by atoms with Gasteiger partial charge in [0, 0.05) is 6.07 Å². The number of pyridine rings is 1. The van der Waals surface area contributed by atoms with E-state index < -0.39 is 41.4 Å². The number of esters is 1. The van der Waals surface area contributed by atoms with E-state index in [1.54, 1.807) is 0 Å². The van der Waals surface area contributed by atoms with Gasteiger partial charge in [-0.25, -0.2) is 9.78 Å². The van der Waals surface area contributed by atoms with E-state index in [1.807, 2.05) is 0 Å². The van der Waals surface area contributed by atoms with Crippen LogP contribution in [0, 0.1) is 0 Å². The molecule has 0 radical (unpaired) electrons. The second-order valence-corrected chi connectivity index (χ2v) is 3.47. The molecule has 0 saturated heterocycles. The largest absolute Gasteiger partial charge is 0.574 e. The quantitative estimate of drug-likeness (QED) is 0.685. The lowest BCUT2D eigenvalue weighted by Gasteiger charge is -2.15. The van der Waals surface area contributed by atoms with Crippen LogP contribution in [0.1, 0.15) is 23.0 Å². The third kappa shape index (κ3) is 4.39. The summed E-state index contributed by atoms with van der Waals surface area (Å²) in [5.74, 6) is -4.71. The van der Waals surface area contributed by atoms with E-state index in [-0.39, 0.29) is 12.7 Å². The van der Waals surface area contributed by atoms with Crippen molar-refractivity contribution >= 4 is 5.97 Å². The first-order valence-corrected chi connectivity index (χ1v) is 5.19. The van der Waals surface area contributed by atoms with Crippen LogP contribution >= 0.6 is 0 Å². The lowest BCUT2D eigenvalue weighted by molar-refractivity contribution is -0.276. The summed E-state index contributed by atoms with van der Waals surface area (Å²) >= 11 is 0. The Labute approximate surface area is 113 Å². The molecule has 0 unspecified atom stereocenters. The molecule has 0 aliphatic carbocycles. The Morgan fingerprint density at radius 2 is 1.86 bits per heavy atom. The van der Waals surface area contributed by atoms with Gasteiger partial charge >= 0.3 is 18.5 Å². The molecule has 1 rings (SSSR count). The summed E-state index contributed by atoms with van der Waals surface area (Å²) in [6, 6.07) is -0.0969. The summed E-state index contributed by atoms with van der Waals surface area (Å²) in [6.07, 6.45) is -10.4. The van der Waals surface area contributed by atoms with E-state index in [2.05, 4.69) is 14.5 Å². The van der Waals surface area contributed by atoms with Gasteiger partial charge < -0.3 is 14.6 Å². The maximum atomic E-state index is 12.7. The van der Waals surface area contributed by atoms with E-state index in [0.717, 1.165) is 0 Å². The second kappa shape index (κ2) is 5.66. The van der Waals surface area contributed by atoms with Crippen LogP contribution in [-0.2, 0) is 10.9 Å². The van der Waals surface area contributed by atoms with E-state index in [1.165, 1.54) is 6.92 Å². The van der Waals surface area contributed by atoms with Gasteiger partial charge in [-0.05, 0) is 6.92 Å². The van der Waals surface area contributed by atoms with Crippen LogP contribution < -0.4 is 4.74 Å². The standard InChI is InChI=1S/C10H7F6NO4/c1-2-20-8(19)6-4(9(11,12)13)3-5(18)7(17-6)21-10(14,15)16/h3,18H,2H2,1H3. The van der Waals surface area contributed by atoms with Crippen LogP contribution in [-0.4, -0.2) is 29.0 Å². The first kappa shape index (κ1) is 16.9. The highest BCUT2D eigenvalue weighted by Gasteiger charge is 2.40. The topological polar surface area (TPSA) is 68.7 Å². The third-order valence-corrected chi connectivity index (χ3v) is 1.96. The Morgan fingerprint density at radius 3 is 2.29 bits per heavy atom. The van der Waals surface area contributed by atoms with Crippen LogP contribution in [0.5, 0.6) is 11.6 Å². The first-order chi connectivity index (χ1) is 9.45. The molecule has 0 fully saturated rings. The van der Waals surface area contributed by atoms with Gasteiger partial charge in [0.05, 0.1) is 12.2 Å². The Morgan fingerprint density at radius 1 is 1.29 bits per heavy atom. The molecular formula is C10H7F6NO4. The minimum atomic E-state index is -5.31. The molecule has 21 heavy (non-hydrogen) atoms. The molecule has 1 heterocycles. The van der Waals surface area contributed by atoms with Gasteiger partial charge in [0.2, 0.25) is 0 Å². The van der Waals surface area contributed by atoms with E-state index in [4.69, 9.17) is 5.11 Å². The van der Waals surface area contributed by atoms with Crippen molar-refractivity contribution < 1.29 is 45.7 Å². The van der Waals surface area contributed by atoms with Gasteiger partial charge in [-0.15, -0.1) is 13.2 Å². The smallest absolute Gasteiger partial charge is 0.503 e. The fourth-order valence-corrected chi connectivity index (χ4v) is 1.24. The van der Waals surface area contributed by atoms with Gasteiger partial charge in [-0.2, -0.15) is 13.2 Å². The van der Waals surface area contributed by atoms with Gasteiger partial charge in [0.1, 0.15) is 0 Å². The number of hydrogen-bond acceptors (Lipinski definition) is 5. The number of hydrogen-bond donors (Lipinski definition) is 1. The molecule has 0 aliphatic rings. The zero-order valence-corrected chi connectivity index (χ0v) is 10.2. The Hall–Kier alpha value is -2.20. The number of aromatic nitrogens is 1. The predicted molar refractivity (Wildman–Crippen MR) is 53.5 cm³/mol. The zero-order chi connectivity index (χ0) is 16.4. The van der Waals surface area contributed by atoms with Crippen molar-refractivity contribution in [2.75, 3.05) is 6.61 Å². The number of rotatable bonds is 3. The molecule has 0 amide bonds. The van der Waals surface area contributed by atoms with Crippen LogP contribution in [0.2, 0.25) is 0 Å². The summed E-state index contributed by atoms with van der Waals surface area (Å²) < 4.78 is 81.6. The van der Waals surface area contributed by atoms with Crippen molar-refractivity contribution in [2.45, 2.75) is 19.5 Å². The second-order valence-electron chi connectivity index (χ2n) is 3.47. The number of aromatic hydroxyl groups is 1. The van der Waals surface area contributed by atoms with Crippen molar-refractivity contribution in [2.24, 2.45) is 0 Å². The molecule has 0 bridgehead atoms. The molecule has 0 saturated carbocycles. The molecule has 118 valence electrons. The maximum absolute atomic E-state index is 12.7. The molecule has 0 atom stereocenters. The molecule has 1 aromatic heterocycles. The lowest BCUT2D eigenvalue weighted by atomic mass is 10.1. The van der Waals surface area contributed by atoms with Crippen molar-refractivity contribution in [3.8, 4) is 11.6 Å². The van der Waals surface area contributed by atoms with Crippen molar-refractivity contribution in [1.82, 2.24) is 4.98 Å². The Kier molecular flexibility index (Phi) is 4.54. The highest BCUT2D eigenvalue weighted by molar-refractivity contribution is 5.89. The summed E-state index contributed by atoms with van der Waals surface area (Å²) in [7, 11) is 0. The van der Waals surface area contributed by atoms with Gasteiger partial charge in [0.15, 0.2) is 11.4 Å². The molecule has 0 aromatic carbocycles. The molecular weight excluding hydrogens is 312 g/mol. The van der Waals surface area contributed by atoms with Gasteiger partial charge in [0.25, 0.3) is 5.88 Å². The average Bonchev–Trinajstić information content (AvgIpc) is 2.28. The predicted octanol–water partition coefficient (Wildman–Crippen LogP) is 2.88. The van der Waals surface area contributed by atoms with Crippen LogP contribution in [0.3, 0.4) is 0 Å². The highest BCUT2D eigenvalue weighted by Crippen LogP contribution is 2.38. The number of carbonyl (C=O) groups is 1. The zero-order valence-electron chi connectivity index (χ0n) is 10.2. The van der Waals surface area contributed by atoms with Crippen LogP contribution in [0.4, 0.5) is 26.3 Å². The average molecular weight is 319 g/mol. The SMILES string of the molecule is CCOC(=O)c1nc(OC(F)(F)F)c(O)cc1C(F)(F)F. The highest BCUT2D eigenvalue weighted by atomic mass is 19.4. The van der Waals surface area contributed by atoms with E-state index in [9.17, 15) is 31.1 Å². The number of ether oxygens (including phenoxy) is 2. The summed E-state index contributed by atoms with van der Waals surface area (Å²) in [6.45, 7) is 0.951. The minimum absolute atomic E-state index is 0.0969. The summed E-state index contributed by atoms with van der Waals surface area (Å²) in [4.78, 5) is 14.1. The summed E-state index contributed by atoms with van der Waals surface area (Å²) in [5.41, 5.74) is -3.19. The number of halogens is 6. The number of carbonyl (C=O) groups excluding carboxylic acids is 1. The van der Waals surface area contributed by atoms with Crippen LogP contribution in [0.25, 0.3) is 0 Å². The van der Waals surface area contributed by atoms with Crippen molar-refractivity contribution in [1.29, 1.82) is 0 Å². The fourth-order valence-electron chi connectivity index (χ4n) is 1.24. The first-order valence-electron chi connectivity index (χ1n) is 5.19. The fraction of sp³-hybridized carbons (Fsp3) is 0.400. The van der Waals surface area contributed by atoms with E-state index >= 15 is 0 Å². The van der Waals surface area contributed by atoms with Gasteiger partial charge in [-0.1, -0.05) is 0 Å². The Balaban J connectivity index is 3.41. The molecule has 0 aliphatic heterocycles. The van der Waals surface area contributed by atoms with E-state index in [0.29, 0.717) is 0 Å². The van der Waals surface area contributed by atoms with Crippen molar-refractivity contribution in [3.05, 3.63) is 17.3 Å². The third-order valence-electron chi connectivity index (χ3n) is 1.96. The van der Waals surface area contributed by atoms with Gasteiger partial charge in [-0.3, -0.25) is 0 Å². The van der Waals surface area contributed by atoms with Crippen molar-refractivity contribution in [3.63, 3.8) is 0 Å². The molecule has 1 aromatic rings. The minimum Gasteiger partial charge on any atom is -0.503 e. The maximum Gasteiger partial charge on any atom is 0.574 e. The summed E-state index contributed by atoms with van der Waals surface area (Å²) in [5, 5.41) is 9.11. The molecule has 1 N–H and O–H groups in total. The number of alkyl halides is 6. The van der Waals surface area contributed by atoms with Crippen LogP contribution in [0.15, 0.2) is 6.07 Å². The molecule has 0 spiro atoms. The monoisotopic (exact) mass is 319 g/mol. The Bertz CT molecular complexity index is 540. The molecule has 11 heteroatoms. The number of nitrogens with zero attached hydrogens (tertiary/aromatic N) is 1.